The molecule has 0 aromatic heterocycles. The van der Waals surface area contributed by atoms with Gasteiger partial charge in [-0.3, -0.25) is 0 Å². The van der Waals surface area contributed by atoms with E-state index in [0.717, 1.165) is 15.6 Å². The van der Waals surface area contributed by atoms with Gasteiger partial charge in [-0.1, -0.05) is 30.3 Å². The van der Waals surface area contributed by atoms with Crippen LogP contribution >= 0.6 is 0 Å². The molecule has 9 heteroatoms. The van der Waals surface area contributed by atoms with Crippen LogP contribution in [0.3, 0.4) is 0 Å². The van der Waals surface area contributed by atoms with Crippen molar-refractivity contribution >= 4 is 23.6 Å². The second-order valence-corrected chi connectivity index (χ2v) is 8.46. The highest BCUT2D eigenvalue weighted by molar-refractivity contribution is 5.74. The van der Waals surface area contributed by atoms with E-state index in [1.165, 1.54) is 13.1 Å². The van der Waals surface area contributed by atoms with Crippen molar-refractivity contribution in [1.82, 2.24) is 10.0 Å². The fourth-order valence-electron chi connectivity index (χ4n) is 3.03. The first kappa shape index (κ1) is 25.8. The molecule has 0 atom stereocenters. The molecule has 0 saturated carbocycles. The summed E-state index contributed by atoms with van der Waals surface area (Å²) in [5.41, 5.74) is 6.37. The number of ether oxygens (including phenoxy) is 2. The second-order valence-electron chi connectivity index (χ2n) is 8.46. The van der Waals surface area contributed by atoms with Gasteiger partial charge in [0.25, 0.3) is 0 Å². The molecule has 0 aliphatic rings. The van der Waals surface area contributed by atoms with Crippen LogP contribution in [-0.2, 0) is 16.1 Å². The number of halogens is 1. The number of amides is 2. The number of nitrogens with two attached hydrogens (primary N) is 1. The molecule has 2 amide bonds. The van der Waals surface area contributed by atoms with Crippen molar-refractivity contribution in [3.05, 3.63) is 59.9 Å². The number of hydrogen-bond acceptors (Lipinski definition) is 6. The Hall–Kier alpha value is -3.49. The van der Waals surface area contributed by atoms with E-state index in [9.17, 15) is 14.0 Å². The number of nitrogens with zero attached hydrogens (tertiary/aromatic N) is 3. The maximum atomic E-state index is 14.4. The summed E-state index contributed by atoms with van der Waals surface area (Å²) in [5.74, 6) is -0.462. The predicted molar refractivity (Wildman–Crippen MR) is 126 cm³/mol. The lowest BCUT2D eigenvalue weighted by atomic mass is 10.2. The van der Waals surface area contributed by atoms with E-state index >= 15 is 0 Å². The average molecular weight is 461 g/mol. The predicted octanol–water partition coefficient (Wildman–Crippen LogP) is 4.65. The maximum Gasteiger partial charge on any atom is 0.429 e. The number of likely N-dealkylation sites (N-methyl/N-ethyl adjacent to an activating group) is 1. The Morgan fingerprint density at radius 2 is 1.70 bits per heavy atom. The van der Waals surface area contributed by atoms with Crippen LogP contribution in [0.2, 0.25) is 0 Å². The van der Waals surface area contributed by atoms with E-state index in [-0.39, 0.29) is 19.7 Å². The van der Waals surface area contributed by atoms with Gasteiger partial charge in [-0.2, -0.15) is 0 Å². The smallest absolute Gasteiger partial charge is 0.429 e. The second kappa shape index (κ2) is 11.4. The van der Waals surface area contributed by atoms with Crippen LogP contribution < -0.4 is 10.6 Å². The Morgan fingerprint density at radius 1 is 1.03 bits per heavy atom. The molecule has 0 radical (unpaired) electrons. The minimum Gasteiger partial charge on any atom is -0.443 e. The summed E-state index contributed by atoms with van der Waals surface area (Å²) >= 11 is 0. The molecule has 0 bridgehead atoms. The summed E-state index contributed by atoms with van der Waals surface area (Å²) in [6, 6.07) is 13.7. The summed E-state index contributed by atoms with van der Waals surface area (Å²) < 4.78 is 25.3. The van der Waals surface area contributed by atoms with Crippen LogP contribution in [0.1, 0.15) is 33.3 Å². The Balaban J connectivity index is 2.14. The van der Waals surface area contributed by atoms with Crippen LogP contribution in [-0.4, -0.2) is 54.5 Å². The van der Waals surface area contributed by atoms with Crippen LogP contribution in [0.15, 0.2) is 48.5 Å². The van der Waals surface area contributed by atoms with Crippen molar-refractivity contribution < 1.29 is 23.5 Å². The maximum absolute atomic E-state index is 14.4. The number of anilines is 2. The van der Waals surface area contributed by atoms with Crippen molar-refractivity contribution in [1.29, 1.82) is 0 Å². The number of rotatable bonds is 7. The van der Waals surface area contributed by atoms with Crippen LogP contribution in [0.5, 0.6) is 0 Å². The van der Waals surface area contributed by atoms with Crippen molar-refractivity contribution in [2.75, 3.05) is 37.3 Å². The highest BCUT2D eigenvalue weighted by Crippen LogP contribution is 2.22. The standard InChI is InChI=1S/C24H33FN4O4/c1-6-28(21-13-12-19(26)16-20(21)25)14-15-29(23(31)33-24(2,3)4)27(5)22(30)32-17-18-10-8-7-9-11-18/h7-13,16H,6,14-15,17,26H2,1-5H3. The topological polar surface area (TPSA) is 88.3 Å². The van der Waals surface area contributed by atoms with E-state index in [2.05, 4.69) is 0 Å². The molecule has 33 heavy (non-hydrogen) atoms. The number of hydrogen-bond donors (Lipinski definition) is 1. The number of benzene rings is 2. The lowest BCUT2D eigenvalue weighted by Gasteiger charge is -2.34. The molecule has 180 valence electrons. The van der Waals surface area contributed by atoms with Gasteiger partial charge in [0.2, 0.25) is 0 Å². The van der Waals surface area contributed by atoms with Gasteiger partial charge in [0, 0.05) is 25.8 Å². The van der Waals surface area contributed by atoms with Crippen molar-refractivity contribution in [3.63, 3.8) is 0 Å². The number of hydrazine groups is 1. The van der Waals surface area contributed by atoms with Gasteiger partial charge >= 0.3 is 12.2 Å². The Kier molecular flexibility index (Phi) is 8.90. The fourth-order valence-corrected chi connectivity index (χ4v) is 3.03. The van der Waals surface area contributed by atoms with Crippen LogP contribution in [0.25, 0.3) is 0 Å². The minimum absolute atomic E-state index is 0.0590. The number of carbonyl (C=O) groups excluding carboxylic acids is 2. The highest BCUT2D eigenvalue weighted by Gasteiger charge is 2.29. The zero-order valence-corrected chi connectivity index (χ0v) is 19.9. The molecule has 2 rings (SSSR count). The van der Waals surface area contributed by atoms with Crippen LogP contribution in [0, 0.1) is 5.82 Å². The molecule has 0 unspecified atom stereocenters. The molecular weight excluding hydrogens is 427 g/mol. The summed E-state index contributed by atoms with van der Waals surface area (Å²) in [4.78, 5) is 27.3. The first-order valence-corrected chi connectivity index (χ1v) is 10.8. The molecule has 0 saturated heterocycles. The molecular formula is C24H33FN4O4. The van der Waals surface area contributed by atoms with Gasteiger partial charge in [-0.05, 0) is 51.5 Å². The monoisotopic (exact) mass is 460 g/mol. The van der Waals surface area contributed by atoms with E-state index in [0.29, 0.717) is 17.9 Å². The van der Waals surface area contributed by atoms with Crippen molar-refractivity contribution in [2.24, 2.45) is 0 Å². The van der Waals surface area contributed by atoms with Gasteiger partial charge < -0.3 is 20.1 Å². The lowest BCUT2D eigenvalue weighted by molar-refractivity contribution is -0.0366. The first-order chi connectivity index (χ1) is 15.5. The van der Waals surface area contributed by atoms with Crippen molar-refractivity contribution in [3.8, 4) is 0 Å². The minimum atomic E-state index is -0.766. The third kappa shape index (κ3) is 7.85. The molecule has 2 aromatic rings. The zero-order valence-electron chi connectivity index (χ0n) is 19.9. The molecule has 0 fully saturated rings. The highest BCUT2D eigenvalue weighted by atomic mass is 19.1. The number of carbonyl (C=O) groups is 2. The van der Waals surface area contributed by atoms with E-state index in [4.69, 9.17) is 15.2 Å². The first-order valence-electron chi connectivity index (χ1n) is 10.8. The van der Waals surface area contributed by atoms with Gasteiger partial charge in [0.05, 0.1) is 12.2 Å². The molecule has 0 aliphatic heterocycles. The van der Waals surface area contributed by atoms with E-state index in [1.807, 2.05) is 37.3 Å². The largest absolute Gasteiger partial charge is 0.443 e. The Morgan fingerprint density at radius 3 is 2.27 bits per heavy atom. The molecule has 2 N–H and O–H groups in total. The summed E-state index contributed by atoms with van der Waals surface area (Å²) in [7, 11) is 1.43. The van der Waals surface area contributed by atoms with Crippen molar-refractivity contribution in [2.45, 2.75) is 39.9 Å². The third-order valence-electron chi connectivity index (χ3n) is 4.71. The SMILES string of the molecule is CCN(CCN(C(=O)OC(C)(C)C)N(C)C(=O)OCc1ccccc1)c1ccc(N)cc1F. The van der Waals surface area contributed by atoms with E-state index in [1.54, 1.807) is 37.8 Å². The van der Waals surface area contributed by atoms with Gasteiger partial charge in [0.15, 0.2) is 0 Å². The molecule has 8 nitrogen and oxygen atoms in total. The summed E-state index contributed by atoms with van der Waals surface area (Å²) in [6.45, 7) is 7.91. The summed E-state index contributed by atoms with van der Waals surface area (Å²) in [6.07, 6.45) is -1.43. The Labute approximate surface area is 194 Å². The summed E-state index contributed by atoms with van der Waals surface area (Å²) in [5, 5.41) is 2.22. The molecule has 0 aliphatic carbocycles. The van der Waals surface area contributed by atoms with Gasteiger partial charge in [-0.25, -0.2) is 24.0 Å². The number of nitrogen functional groups attached to an aromatic ring is 1. The average Bonchev–Trinajstić information content (AvgIpc) is 2.75. The zero-order chi connectivity index (χ0) is 24.6. The van der Waals surface area contributed by atoms with Gasteiger partial charge in [0.1, 0.15) is 18.0 Å². The quantitative estimate of drug-likeness (QED) is 0.478. The normalized spacial score (nSPS) is 11.0. The van der Waals surface area contributed by atoms with Crippen LogP contribution in [0.4, 0.5) is 25.4 Å². The molecule has 2 aromatic carbocycles. The molecule has 0 spiro atoms. The lowest BCUT2D eigenvalue weighted by Crippen LogP contribution is -2.52. The molecule has 0 heterocycles. The Bertz CT molecular complexity index is 934. The van der Waals surface area contributed by atoms with E-state index < -0.39 is 23.6 Å². The third-order valence-corrected chi connectivity index (χ3v) is 4.71. The fraction of sp³-hybridized carbons (Fsp3) is 0.417. The van der Waals surface area contributed by atoms with Gasteiger partial charge in [-0.15, -0.1) is 0 Å².